The van der Waals surface area contributed by atoms with Crippen LogP contribution in [-0.2, 0) is 6.42 Å². The van der Waals surface area contributed by atoms with Crippen LogP contribution < -0.4 is 0 Å². The molecular weight excluding hydrogens is 264 g/mol. The highest BCUT2D eigenvalue weighted by molar-refractivity contribution is 5.38. The molecule has 0 aliphatic heterocycles. The molecule has 0 heterocycles. The van der Waals surface area contributed by atoms with Crippen molar-refractivity contribution in [2.24, 2.45) is 5.92 Å². The second-order valence-electron chi connectivity index (χ2n) is 6.63. The van der Waals surface area contributed by atoms with E-state index in [9.17, 15) is 0 Å². The summed E-state index contributed by atoms with van der Waals surface area (Å²) in [5, 5.41) is 0. The van der Waals surface area contributed by atoms with Crippen molar-refractivity contribution in [1.82, 2.24) is 0 Å². The summed E-state index contributed by atoms with van der Waals surface area (Å²) in [4.78, 5) is 0. The summed E-state index contributed by atoms with van der Waals surface area (Å²) in [7, 11) is 0. The van der Waals surface area contributed by atoms with Crippen molar-refractivity contribution in [1.29, 1.82) is 0 Å². The van der Waals surface area contributed by atoms with E-state index in [4.69, 9.17) is 0 Å². The fraction of sp³-hybridized carbons (Fsp3) is 0.455. The first-order valence-electron chi connectivity index (χ1n) is 8.70. The Labute approximate surface area is 136 Å². The maximum Gasteiger partial charge on any atom is -0.0191 e. The molecule has 0 amide bonds. The van der Waals surface area contributed by atoms with E-state index in [1.165, 1.54) is 41.5 Å². The lowest BCUT2D eigenvalue weighted by molar-refractivity contribution is 0.553. The predicted molar refractivity (Wildman–Crippen MR) is 98.2 cm³/mol. The lowest BCUT2D eigenvalue weighted by Gasteiger charge is -2.23. The van der Waals surface area contributed by atoms with Gasteiger partial charge in [-0.1, -0.05) is 49.4 Å². The van der Waals surface area contributed by atoms with E-state index in [1.54, 1.807) is 5.57 Å². The van der Waals surface area contributed by atoms with E-state index >= 15 is 0 Å². The van der Waals surface area contributed by atoms with Crippen LogP contribution in [0.5, 0.6) is 0 Å². The Morgan fingerprint density at radius 1 is 1.23 bits per heavy atom. The number of allylic oxidation sites excluding steroid dienone is 6. The molecule has 0 radical (unpaired) electrons. The molecule has 0 nitrogen and oxygen atoms in total. The Morgan fingerprint density at radius 3 is 2.73 bits per heavy atom. The zero-order valence-corrected chi connectivity index (χ0v) is 14.7. The molecule has 1 aromatic carbocycles. The van der Waals surface area contributed by atoms with Crippen LogP contribution in [0.2, 0.25) is 0 Å². The normalized spacial score (nSPS) is 19.5. The van der Waals surface area contributed by atoms with E-state index in [1.807, 2.05) is 0 Å². The Hall–Kier alpha value is -1.56. The zero-order valence-electron chi connectivity index (χ0n) is 14.7. The Morgan fingerprint density at radius 2 is 2.05 bits per heavy atom. The molecule has 0 saturated carbocycles. The first-order chi connectivity index (χ1) is 10.6. The molecule has 0 N–H and O–H groups in total. The molecule has 0 heteroatoms. The maximum atomic E-state index is 2.48. The van der Waals surface area contributed by atoms with Crippen LogP contribution in [-0.4, -0.2) is 0 Å². The summed E-state index contributed by atoms with van der Waals surface area (Å²) in [6, 6.07) is 6.89. The topological polar surface area (TPSA) is 0 Å². The highest BCUT2D eigenvalue weighted by atomic mass is 14.2. The lowest BCUT2D eigenvalue weighted by atomic mass is 9.82. The zero-order chi connectivity index (χ0) is 15.9. The maximum absolute atomic E-state index is 2.48. The van der Waals surface area contributed by atoms with E-state index in [2.05, 4.69) is 70.2 Å². The Balaban J connectivity index is 2.13. The number of benzene rings is 1. The third kappa shape index (κ3) is 4.47. The molecule has 1 atom stereocenters. The fourth-order valence-electron chi connectivity index (χ4n) is 3.26. The first-order valence-corrected chi connectivity index (χ1v) is 8.70. The van der Waals surface area contributed by atoms with Gasteiger partial charge in [-0.2, -0.15) is 0 Å². The van der Waals surface area contributed by atoms with Crippen molar-refractivity contribution in [3.05, 3.63) is 70.3 Å². The minimum atomic E-state index is 0.713. The van der Waals surface area contributed by atoms with Gasteiger partial charge in [-0.3, -0.25) is 0 Å². The van der Waals surface area contributed by atoms with Gasteiger partial charge in [0.2, 0.25) is 0 Å². The number of rotatable bonds is 5. The predicted octanol–water partition coefficient (Wildman–Crippen LogP) is 6.48. The highest BCUT2D eigenvalue weighted by Gasteiger charge is 2.16. The molecule has 0 saturated heterocycles. The van der Waals surface area contributed by atoms with Crippen LogP contribution in [0, 0.1) is 19.8 Å². The van der Waals surface area contributed by atoms with Gasteiger partial charge in [0.25, 0.3) is 0 Å². The SMILES string of the molecule is C/C=C\C=C(/CCc1ccc(C)c(C)c1)C1=CCCCC1C. The minimum absolute atomic E-state index is 0.713. The largest absolute Gasteiger partial charge is 0.0877 e. The van der Waals surface area contributed by atoms with Gasteiger partial charge >= 0.3 is 0 Å². The van der Waals surface area contributed by atoms with Crippen molar-refractivity contribution < 1.29 is 0 Å². The van der Waals surface area contributed by atoms with Gasteiger partial charge in [0.05, 0.1) is 0 Å². The average Bonchev–Trinajstić information content (AvgIpc) is 2.52. The van der Waals surface area contributed by atoms with Crippen molar-refractivity contribution in [2.45, 2.75) is 59.8 Å². The Kier molecular flexibility index (Phi) is 6.24. The van der Waals surface area contributed by atoms with Gasteiger partial charge in [0.15, 0.2) is 0 Å². The summed E-state index contributed by atoms with van der Waals surface area (Å²) >= 11 is 0. The number of aryl methyl sites for hydroxylation is 3. The molecule has 118 valence electrons. The quantitative estimate of drug-likeness (QED) is 0.545. The van der Waals surface area contributed by atoms with Crippen molar-refractivity contribution in [3.63, 3.8) is 0 Å². The second kappa shape index (κ2) is 8.17. The van der Waals surface area contributed by atoms with Gasteiger partial charge in [-0.05, 0) is 86.6 Å². The third-order valence-corrected chi connectivity index (χ3v) is 4.85. The molecule has 2 rings (SSSR count). The molecule has 0 fully saturated rings. The van der Waals surface area contributed by atoms with Crippen LogP contribution in [0.4, 0.5) is 0 Å². The van der Waals surface area contributed by atoms with Crippen LogP contribution in [0.15, 0.2) is 53.6 Å². The lowest BCUT2D eigenvalue weighted by Crippen LogP contribution is -2.08. The molecule has 1 aromatic rings. The number of hydrogen-bond acceptors (Lipinski definition) is 0. The molecule has 0 bridgehead atoms. The summed E-state index contributed by atoms with van der Waals surface area (Å²) < 4.78 is 0. The van der Waals surface area contributed by atoms with Gasteiger partial charge in [-0.25, -0.2) is 0 Å². The molecule has 1 aliphatic rings. The van der Waals surface area contributed by atoms with Crippen molar-refractivity contribution >= 4 is 0 Å². The minimum Gasteiger partial charge on any atom is -0.0877 e. The van der Waals surface area contributed by atoms with E-state index < -0.39 is 0 Å². The second-order valence-corrected chi connectivity index (χ2v) is 6.63. The van der Waals surface area contributed by atoms with Crippen LogP contribution in [0.25, 0.3) is 0 Å². The van der Waals surface area contributed by atoms with Crippen LogP contribution in [0.1, 0.15) is 56.2 Å². The first kappa shape index (κ1) is 16.8. The van der Waals surface area contributed by atoms with E-state index in [-0.39, 0.29) is 0 Å². The van der Waals surface area contributed by atoms with Crippen LogP contribution in [0.3, 0.4) is 0 Å². The van der Waals surface area contributed by atoms with Gasteiger partial charge < -0.3 is 0 Å². The summed E-state index contributed by atoms with van der Waals surface area (Å²) in [5.74, 6) is 0.713. The van der Waals surface area contributed by atoms with Crippen molar-refractivity contribution in [3.8, 4) is 0 Å². The standard InChI is InChI=1S/C22H30/c1-5-6-10-21(22-11-8-7-9-18(22)3)15-14-20-13-12-17(2)19(4)16-20/h5-6,10-13,16,18H,7-9,14-15H2,1-4H3/b6-5-,21-10+. The monoisotopic (exact) mass is 294 g/mol. The molecule has 1 unspecified atom stereocenters. The fourth-order valence-corrected chi connectivity index (χ4v) is 3.26. The summed E-state index contributed by atoms with van der Waals surface area (Å²) in [6.45, 7) is 8.87. The molecular formula is C22H30. The molecule has 22 heavy (non-hydrogen) atoms. The highest BCUT2D eigenvalue weighted by Crippen LogP contribution is 2.32. The molecule has 0 aromatic heterocycles. The average molecular weight is 294 g/mol. The van der Waals surface area contributed by atoms with E-state index in [0.29, 0.717) is 5.92 Å². The molecule has 1 aliphatic carbocycles. The van der Waals surface area contributed by atoms with Gasteiger partial charge in [0.1, 0.15) is 0 Å². The molecule has 0 spiro atoms. The third-order valence-electron chi connectivity index (χ3n) is 4.85. The smallest absolute Gasteiger partial charge is 0.0191 e. The van der Waals surface area contributed by atoms with Crippen molar-refractivity contribution in [2.75, 3.05) is 0 Å². The van der Waals surface area contributed by atoms with E-state index in [0.717, 1.165) is 12.8 Å². The van der Waals surface area contributed by atoms with Gasteiger partial charge in [-0.15, -0.1) is 0 Å². The number of hydrogen-bond donors (Lipinski definition) is 0. The summed E-state index contributed by atoms with van der Waals surface area (Å²) in [5.41, 5.74) is 7.37. The Bertz CT molecular complexity index is 584. The summed E-state index contributed by atoms with van der Waals surface area (Å²) in [6.07, 6.45) is 15.3. The van der Waals surface area contributed by atoms with Gasteiger partial charge in [0, 0.05) is 0 Å². The van der Waals surface area contributed by atoms with Crippen LogP contribution >= 0.6 is 0 Å².